The molecule has 0 aliphatic carbocycles. The second kappa shape index (κ2) is 6.35. The highest BCUT2D eigenvalue weighted by atomic mass is 32.1. The number of hydrogen-bond acceptors (Lipinski definition) is 7. The van der Waals surface area contributed by atoms with Crippen LogP contribution in [0.25, 0.3) is 0 Å². The van der Waals surface area contributed by atoms with Gasteiger partial charge in [-0.1, -0.05) is 11.3 Å². The van der Waals surface area contributed by atoms with Gasteiger partial charge in [0.25, 0.3) is 0 Å². The van der Waals surface area contributed by atoms with Gasteiger partial charge in [-0.05, 0) is 38.8 Å². The Bertz CT molecular complexity index is 648. The average molecular weight is 318 g/mol. The van der Waals surface area contributed by atoms with Crippen LogP contribution in [0.3, 0.4) is 0 Å². The average Bonchev–Trinajstić information content (AvgIpc) is 2.93. The lowest BCUT2D eigenvalue weighted by Crippen LogP contribution is -2.38. The molecule has 0 saturated carbocycles. The lowest BCUT2D eigenvalue weighted by molar-refractivity contribution is -0.120. The van der Waals surface area contributed by atoms with E-state index in [-0.39, 0.29) is 11.8 Å². The lowest BCUT2D eigenvalue weighted by Gasteiger charge is -2.31. The molecular formula is C14H18N6OS. The zero-order valence-corrected chi connectivity index (χ0v) is 13.4. The molecule has 2 aromatic heterocycles. The highest BCUT2D eigenvalue weighted by Crippen LogP contribution is 2.23. The van der Waals surface area contributed by atoms with Crippen LogP contribution in [0.4, 0.5) is 10.9 Å². The molecule has 2 aromatic rings. The van der Waals surface area contributed by atoms with Crippen molar-refractivity contribution in [3.8, 4) is 0 Å². The third kappa shape index (κ3) is 3.38. The third-order valence-electron chi connectivity index (χ3n) is 3.73. The van der Waals surface area contributed by atoms with Crippen molar-refractivity contribution in [2.45, 2.75) is 26.7 Å². The topological polar surface area (TPSA) is 83.9 Å². The molecule has 0 atom stereocenters. The molecule has 116 valence electrons. The van der Waals surface area contributed by atoms with Crippen molar-refractivity contribution in [2.24, 2.45) is 5.92 Å². The Labute approximate surface area is 132 Å². The molecule has 1 saturated heterocycles. The SMILES string of the molecule is Cc1ccc(N2CCC(C(=O)Nc3nnc(C)s3)CC2)nn1. The molecular weight excluding hydrogens is 300 g/mol. The van der Waals surface area contributed by atoms with Crippen LogP contribution in [0, 0.1) is 19.8 Å². The predicted octanol–water partition coefficient (Wildman–Crippen LogP) is 1.80. The summed E-state index contributed by atoms with van der Waals surface area (Å²) in [6, 6.07) is 3.94. The van der Waals surface area contributed by atoms with Gasteiger partial charge in [-0.25, -0.2) is 0 Å². The Morgan fingerprint density at radius 3 is 2.55 bits per heavy atom. The molecule has 7 nitrogen and oxygen atoms in total. The second-order valence-corrected chi connectivity index (χ2v) is 6.59. The van der Waals surface area contributed by atoms with Crippen molar-refractivity contribution in [3.63, 3.8) is 0 Å². The number of amides is 1. The smallest absolute Gasteiger partial charge is 0.229 e. The van der Waals surface area contributed by atoms with Crippen molar-refractivity contribution in [1.82, 2.24) is 20.4 Å². The molecule has 1 fully saturated rings. The number of rotatable bonds is 3. The van der Waals surface area contributed by atoms with E-state index in [1.165, 1.54) is 11.3 Å². The monoisotopic (exact) mass is 318 g/mol. The summed E-state index contributed by atoms with van der Waals surface area (Å²) >= 11 is 1.40. The summed E-state index contributed by atoms with van der Waals surface area (Å²) < 4.78 is 0. The van der Waals surface area contributed by atoms with E-state index >= 15 is 0 Å². The van der Waals surface area contributed by atoms with E-state index in [4.69, 9.17) is 0 Å². The van der Waals surface area contributed by atoms with Crippen LogP contribution < -0.4 is 10.2 Å². The predicted molar refractivity (Wildman–Crippen MR) is 85.0 cm³/mol. The maximum Gasteiger partial charge on any atom is 0.229 e. The normalized spacial score (nSPS) is 15.8. The van der Waals surface area contributed by atoms with Crippen LogP contribution >= 0.6 is 11.3 Å². The molecule has 0 spiro atoms. The fourth-order valence-corrected chi connectivity index (χ4v) is 3.08. The van der Waals surface area contributed by atoms with E-state index in [1.54, 1.807) is 0 Å². The molecule has 22 heavy (non-hydrogen) atoms. The highest BCUT2D eigenvalue weighted by Gasteiger charge is 2.26. The molecule has 1 amide bonds. The summed E-state index contributed by atoms with van der Waals surface area (Å²) in [5.74, 6) is 0.925. The Balaban J connectivity index is 1.54. The summed E-state index contributed by atoms with van der Waals surface area (Å²) in [6.45, 7) is 5.41. The van der Waals surface area contributed by atoms with Crippen molar-refractivity contribution in [2.75, 3.05) is 23.3 Å². The van der Waals surface area contributed by atoms with Gasteiger partial charge in [0.1, 0.15) is 5.01 Å². The van der Waals surface area contributed by atoms with Gasteiger partial charge in [0.05, 0.1) is 5.69 Å². The van der Waals surface area contributed by atoms with Crippen molar-refractivity contribution in [1.29, 1.82) is 0 Å². The Morgan fingerprint density at radius 1 is 1.18 bits per heavy atom. The third-order valence-corrected chi connectivity index (χ3v) is 4.48. The molecule has 1 N–H and O–H groups in total. The quantitative estimate of drug-likeness (QED) is 0.929. The van der Waals surface area contributed by atoms with Gasteiger partial charge in [-0.15, -0.1) is 15.3 Å². The van der Waals surface area contributed by atoms with Gasteiger partial charge in [0.15, 0.2) is 5.82 Å². The van der Waals surface area contributed by atoms with Gasteiger partial charge < -0.3 is 10.2 Å². The van der Waals surface area contributed by atoms with Crippen molar-refractivity contribution >= 4 is 28.2 Å². The first-order valence-corrected chi connectivity index (χ1v) is 8.10. The lowest BCUT2D eigenvalue weighted by atomic mass is 9.96. The number of aryl methyl sites for hydroxylation is 2. The summed E-state index contributed by atoms with van der Waals surface area (Å²) in [5, 5.41) is 20.4. The van der Waals surface area contributed by atoms with Gasteiger partial charge in [-0.3, -0.25) is 4.79 Å². The minimum atomic E-state index is 0.0128. The minimum Gasteiger partial charge on any atom is -0.355 e. The van der Waals surface area contributed by atoms with E-state index in [2.05, 4.69) is 30.6 Å². The molecule has 3 rings (SSSR count). The minimum absolute atomic E-state index is 0.0128. The first-order valence-electron chi connectivity index (χ1n) is 7.28. The number of nitrogens with one attached hydrogen (secondary N) is 1. The van der Waals surface area contributed by atoms with Crippen LogP contribution in [-0.2, 0) is 4.79 Å². The molecule has 3 heterocycles. The van der Waals surface area contributed by atoms with Gasteiger partial charge in [-0.2, -0.15) is 5.10 Å². The Hall–Kier alpha value is -2.09. The molecule has 0 bridgehead atoms. The maximum atomic E-state index is 12.2. The standard InChI is InChI=1S/C14H18N6OS/c1-9-3-4-12(18-16-9)20-7-5-11(6-8-20)13(21)15-14-19-17-10(2)22-14/h3-4,11H,5-8H2,1-2H3,(H,15,19,21). The molecule has 0 aromatic carbocycles. The second-order valence-electron chi connectivity index (χ2n) is 5.41. The highest BCUT2D eigenvalue weighted by molar-refractivity contribution is 7.15. The van der Waals surface area contributed by atoms with Crippen molar-refractivity contribution in [3.05, 3.63) is 22.8 Å². The van der Waals surface area contributed by atoms with Crippen LogP contribution in [0.2, 0.25) is 0 Å². The molecule has 0 radical (unpaired) electrons. The molecule has 1 aliphatic rings. The van der Waals surface area contributed by atoms with E-state index in [0.717, 1.165) is 42.5 Å². The molecule has 0 unspecified atom stereocenters. The largest absolute Gasteiger partial charge is 0.355 e. The van der Waals surface area contributed by atoms with Crippen molar-refractivity contribution < 1.29 is 4.79 Å². The fraction of sp³-hybridized carbons (Fsp3) is 0.500. The summed E-state index contributed by atoms with van der Waals surface area (Å²) in [6.07, 6.45) is 1.61. The van der Waals surface area contributed by atoms with Gasteiger partial charge in [0, 0.05) is 19.0 Å². The van der Waals surface area contributed by atoms with Crippen LogP contribution in [-0.4, -0.2) is 39.4 Å². The molecule has 8 heteroatoms. The number of aromatic nitrogens is 4. The maximum absolute atomic E-state index is 12.2. The number of carbonyl (C=O) groups is 1. The molecule has 1 aliphatic heterocycles. The zero-order valence-electron chi connectivity index (χ0n) is 12.6. The fourth-order valence-electron chi connectivity index (χ4n) is 2.49. The van der Waals surface area contributed by atoms with Crippen LogP contribution in [0.5, 0.6) is 0 Å². The number of hydrogen-bond donors (Lipinski definition) is 1. The van der Waals surface area contributed by atoms with E-state index < -0.39 is 0 Å². The van der Waals surface area contributed by atoms with E-state index in [9.17, 15) is 4.79 Å². The summed E-state index contributed by atoms with van der Waals surface area (Å²) in [7, 11) is 0. The van der Waals surface area contributed by atoms with Gasteiger partial charge >= 0.3 is 0 Å². The van der Waals surface area contributed by atoms with Crippen LogP contribution in [0.1, 0.15) is 23.5 Å². The summed E-state index contributed by atoms with van der Waals surface area (Å²) in [4.78, 5) is 14.4. The van der Waals surface area contributed by atoms with E-state index in [1.807, 2.05) is 26.0 Å². The number of nitrogens with zero attached hydrogens (tertiary/aromatic N) is 5. The number of piperidine rings is 1. The first-order chi connectivity index (χ1) is 10.6. The van der Waals surface area contributed by atoms with Crippen LogP contribution in [0.15, 0.2) is 12.1 Å². The number of anilines is 2. The Morgan fingerprint density at radius 2 is 1.95 bits per heavy atom. The Kier molecular flexibility index (Phi) is 4.28. The van der Waals surface area contributed by atoms with Gasteiger partial charge in [0.2, 0.25) is 11.0 Å². The summed E-state index contributed by atoms with van der Waals surface area (Å²) in [5.41, 5.74) is 0.908. The van der Waals surface area contributed by atoms with E-state index in [0.29, 0.717) is 5.13 Å². The number of carbonyl (C=O) groups excluding carboxylic acids is 1. The zero-order chi connectivity index (χ0) is 15.5. The first kappa shape index (κ1) is 14.8.